The van der Waals surface area contributed by atoms with Crippen LogP contribution in [0.2, 0.25) is 0 Å². The molecule has 0 aliphatic rings. The van der Waals surface area contributed by atoms with Crippen molar-refractivity contribution in [1.82, 2.24) is 0 Å². The topological polar surface area (TPSA) is 62.1 Å². The lowest BCUT2D eigenvalue weighted by Crippen LogP contribution is -2.05. The van der Waals surface area contributed by atoms with Crippen molar-refractivity contribution in [3.05, 3.63) is 59.7 Å². The summed E-state index contributed by atoms with van der Waals surface area (Å²) in [5, 5.41) is 12.2. The number of nitrogens with zero attached hydrogens (tertiary/aromatic N) is 1. The van der Waals surface area contributed by atoms with Gasteiger partial charge in [-0.05, 0) is 37.3 Å². The van der Waals surface area contributed by atoms with Crippen molar-refractivity contribution in [3.63, 3.8) is 0 Å². The van der Waals surface area contributed by atoms with Crippen LogP contribution in [-0.4, -0.2) is 12.6 Å². The van der Waals surface area contributed by atoms with Crippen LogP contribution in [0.4, 0.5) is 11.4 Å². The summed E-state index contributed by atoms with van der Waals surface area (Å²) in [5.74, 6) is -0.357. The van der Waals surface area contributed by atoms with Crippen molar-refractivity contribution in [1.29, 1.82) is 5.26 Å². The minimum atomic E-state index is -0.357. The SMILES string of the molecule is CCOC(=O)c1cccc(Nc2ccccc2C#N)c1. The summed E-state index contributed by atoms with van der Waals surface area (Å²) in [6, 6.07) is 16.3. The zero-order valence-corrected chi connectivity index (χ0v) is 11.1. The van der Waals surface area contributed by atoms with Gasteiger partial charge in [0, 0.05) is 5.69 Å². The van der Waals surface area contributed by atoms with E-state index >= 15 is 0 Å². The predicted octanol–water partition coefficient (Wildman–Crippen LogP) is 3.48. The number of benzene rings is 2. The first-order chi connectivity index (χ1) is 9.74. The lowest BCUT2D eigenvalue weighted by atomic mass is 10.1. The van der Waals surface area contributed by atoms with E-state index in [1.54, 1.807) is 37.3 Å². The van der Waals surface area contributed by atoms with Crippen LogP contribution in [0.1, 0.15) is 22.8 Å². The van der Waals surface area contributed by atoms with Gasteiger partial charge in [0.05, 0.1) is 23.4 Å². The molecule has 2 rings (SSSR count). The van der Waals surface area contributed by atoms with Crippen LogP contribution in [-0.2, 0) is 4.74 Å². The third kappa shape index (κ3) is 3.15. The molecule has 4 nitrogen and oxygen atoms in total. The fourth-order valence-corrected chi connectivity index (χ4v) is 1.78. The monoisotopic (exact) mass is 266 g/mol. The molecule has 0 heterocycles. The molecular weight excluding hydrogens is 252 g/mol. The number of hydrogen-bond donors (Lipinski definition) is 1. The van der Waals surface area contributed by atoms with Gasteiger partial charge in [-0.3, -0.25) is 0 Å². The Morgan fingerprint density at radius 3 is 2.80 bits per heavy atom. The average Bonchev–Trinajstić information content (AvgIpc) is 2.48. The molecule has 4 heteroatoms. The van der Waals surface area contributed by atoms with Gasteiger partial charge in [-0.2, -0.15) is 5.26 Å². The Kier molecular flexibility index (Phi) is 4.35. The van der Waals surface area contributed by atoms with E-state index in [1.807, 2.05) is 18.2 Å². The molecule has 0 saturated carbocycles. The number of rotatable bonds is 4. The second kappa shape index (κ2) is 6.39. The molecule has 0 aliphatic heterocycles. The molecule has 2 aromatic rings. The lowest BCUT2D eigenvalue weighted by Gasteiger charge is -2.09. The standard InChI is InChI=1S/C16H14N2O2/c1-2-20-16(19)12-7-5-8-14(10-12)18-15-9-4-3-6-13(15)11-17/h3-10,18H,2H2,1H3. The van der Waals surface area contributed by atoms with Crippen molar-refractivity contribution in [2.45, 2.75) is 6.92 Å². The second-order valence-corrected chi connectivity index (χ2v) is 4.08. The lowest BCUT2D eigenvalue weighted by molar-refractivity contribution is 0.0526. The van der Waals surface area contributed by atoms with Crippen LogP contribution in [0.3, 0.4) is 0 Å². The highest BCUT2D eigenvalue weighted by atomic mass is 16.5. The quantitative estimate of drug-likeness (QED) is 0.860. The molecule has 0 spiro atoms. The number of hydrogen-bond acceptors (Lipinski definition) is 4. The Bertz CT molecular complexity index is 660. The number of esters is 1. The summed E-state index contributed by atoms with van der Waals surface area (Å²) >= 11 is 0. The number of carbonyl (C=O) groups is 1. The van der Waals surface area contributed by atoms with E-state index in [0.717, 1.165) is 5.69 Å². The summed E-state index contributed by atoms with van der Waals surface area (Å²) in [7, 11) is 0. The van der Waals surface area contributed by atoms with Crippen LogP contribution >= 0.6 is 0 Å². The number of nitriles is 1. The molecule has 0 radical (unpaired) electrons. The van der Waals surface area contributed by atoms with E-state index in [0.29, 0.717) is 23.4 Å². The number of nitrogens with one attached hydrogen (secondary N) is 1. The summed E-state index contributed by atoms with van der Waals surface area (Å²) in [6.07, 6.45) is 0. The molecule has 2 aromatic carbocycles. The van der Waals surface area contributed by atoms with Crippen LogP contribution in [0, 0.1) is 11.3 Å². The van der Waals surface area contributed by atoms with Crippen molar-refractivity contribution in [2.24, 2.45) is 0 Å². The summed E-state index contributed by atoms with van der Waals surface area (Å²) < 4.78 is 4.96. The van der Waals surface area contributed by atoms with Gasteiger partial charge in [-0.25, -0.2) is 4.79 Å². The number of anilines is 2. The van der Waals surface area contributed by atoms with Gasteiger partial charge in [0.1, 0.15) is 6.07 Å². The maximum atomic E-state index is 11.7. The van der Waals surface area contributed by atoms with E-state index in [-0.39, 0.29) is 5.97 Å². The Hall–Kier alpha value is -2.80. The molecule has 0 unspecified atom stereocenters. The largest absolute Gasteiger partial charge is 0.462 e. The minimum absolute atomic E-state index is 0.341. The summed E-state index contributed by atoms with van der Waals surface area (Å²) in [6.45, 7) is 2.11. The Morgan fingerprint density at radius 1 is 1.25 bits per heavy atom. The van der Waals surface area contributed by atoms with Gasteiger partial charge in [-0.15, -0.1) is 0 Å². The van der Waals surface area contributed by atoms with E-state index in [2.05, 4.69) is 11.4 Å². The Balaban J connectivity index is 2.24. The first kappa shape index (κ1) is 13.6. The predicted molar refractivity (Wildman–Crippen MR) is 76.8 cm³/mol. The van der Waals surface area contributed by atoms with Crippen LogP contribution in [0.25, 0.3) is 0 Å². The fraction of sp³-hybridized carbons (Fsp3) is 0.125. The molecule has 0 aliphatic carbocycles. The van der Waals surface area contributed by atoms with E-state index < -0.39 is 0 Å². The van der Waals surface area contributed by atoms with Crippen LogP contribution < -0.4 is 5.32 Å². The number of carbonyl (C=O) groups excluding carboxylic acids is 1. The first-order valence-corrected chi connectivity index (χ1v) is 6.28. The maximum Gasteiger partial charge on any atom is 0.338 e. The Morgan fingerprint density at radius 2 is 2.05 bits per heavy atom. The maximum absolute atomic E-state index is 11.7. The molecule has 0 aromatic heterocycles. The fourth-order valence-electron chi connectivity index (χ4n) is 1.78. The third-order valence-corrected chi connectivity index (χ3v) is 2.70. The molecule has 0 bridgehead atoms. The van der Waals surface area contributed by atoms with Crippen molar-refractivity contribution < 1.29 is 9.53 Å². The highest BCUT2D eigenvalue weighted by Gasteiger charge is 2.07. The number of ether oxygens (including phenoxy) is 1. The van der Waals surface area contributed by atoms with Crippen molar-refractivity contribution in [3.8, 4) is 6.07 Å². The molecule has 0 amide bonds. The normalized spacial score (nSPS) is 9.60. The van der Waals surface area contributed by atoms with Gasteiger partial charge in [0.25, 0.3) is 0 Å². The van der Waals surface area contributed by atoms with Crippen molar-refractivity contribution >= 4 is 17.3 Å². The van der Waals surface area contributed by atoms with Gasteiger partial charge in [-0.1, -0.05) is 18.2 Å². The summed E-state index contributed by atoms with van der Waals surface area (Å²) in [5.41, 5.74) is 2.47. The zero-order valence-electron chi connectivity index (χ0n) is 11.1. The van der Waals surface area contributed by atoms with E-state index in [1.165, 1.54) is 0 Å². The third-order valence-electron chi connectivity index (χ3n) is 2.70. The van der Waals surface area contributed by atoms with Crippen molar-refractivity contribution in [2.75, 3.05) is 11.9 Å². The van der Waals surface area contributed by atoms with Crippen LogP contribution in [0.5, 0.6) is 0 Å². The zero-order chi connectivity index (χ0) is 14.4. The molecular formula is C16H14N2O2. The van der Waals surface area contributed by atoms with Gasteiger partial charge in [0.15, 0.2) is 0 Å². The van der Waals surface area contributed by atoms with E-state index in [4.69, 9.17) is 10.00 Å². The first-order valence-electron chi connectivity index (χ1n) is 6.28. The number of para-hydroxylation sites is 1. The van der Waals surface area contributed by atoms with Gasteiger partial charge >= 0.3 is 5.97 Å². The second-order valence-electron chi connectivity index (χ2n) is 4.08. The van der Waals surface area contributed by atoms with Gasteiger partial charge < -0.3 is 10.1 Å². The molecule has 100 valence electrons. The molecule has 1 N–H and O–H groups in total. The summed E-state index contributed by atoms with van der Waals surface area (Å²) in [4.78, 5) is 11.7. The molecule has 0 fully saturated rings. The molecule has 0 atom stereocenters. The Labute approximate surface area is 117 Å². The highest BCUT2D eigenvalue weighted by molar-refractivity contribution is 5.90. The van der Waals surface area contributed by atoms with Crippen LogP contribution in [0.15, 0.2) is 48.5 Å². The average molecular weight is 266 g/mol. The molecule has 0 saturated heterocycles. The smallest absolute Gasteiger partial charge is 0.338 e. The highest BCUT2D eigenvalue weighted by Crippen LogP contribution is 2.21. The molecule has 20 heavy (non-hydrogen) atoms. The van der Waals surface area contributed by atoms with E-state index in [9.17, 15) is 4.79 Å². The van der Waals surface area contributed by atoms with Gasteiger partial charge in [0.2, 0.25) is 0 Å². The minimum Gasteiger partial charge on any atom is -0.462 e.